The number of hydrogen-bond donors (Lipinski definition) is 2. The third kappa shape index (κ3) is 4.33. The van der Waals surface area contributed by atoms with Crippen molar-refractivity contribution in [1.82, 2.24) is 19.4 Å². The highest BCUT2D eigenvalue weighted by Gasteiger charge is 2.37. The Bertz CT molecular complexity index is 954. The molecule has 2 aromatic heterocycles. The molecule has 1 atom stereocenters. The number of amides is 2. The smallest absolute Gasteiger partial charge is 0.220 e. The Morgan fingerprint density at radius 2 is 2.11 bits per heavy atom. The maximum absolute atomic E-state index is 12.4. The molecular weight excluding hydrogens is 380 g/mol. The van der Waals surface area contributed by atoms with E-state index in [1.54, 1.807) is 11.3 Å². The number of thiophene rings is 1. The van der Waals surface area contributed by atoms with Gasteiger partial charge in [0.05, 0.1) is 11.7 Å². The lowest BCUT2D eigenvalue weighted by Gasteiger charge is -2.29. The van der Waals surface area contributed by atoms with Crippen molar-refractivity contribution in [3.8, 4) is 0 Å². The quantitative estimate of drug-likeness (QED) is 0.638. The van der Waals surface area contributed by atoms with E-state index in [-0.39, 0.29) is 17.4 Å². The second-order valence-corrected chi connectivity index (χ2v) is 8.31. The van der Waals surface area contributed by atoms with E-state index < -0.39 is 0 Å². The highest BCUT2D eigenvalue weighted by Crippen LogP contribution is 2.30. The van der Waals surface area contributed by atoms with Gasteiger partial charge in [-0.1, -0.05) is 6.07 Å². The van der Waals surface area contributed by atoms with E-state index in [2.05, 4.69) is 30.8 Å². The maximum atomic E-state index is 12.4. The Morgan fingerprint density at radius 3 is 2.89 bits per heavy atom. The maximum Gasteiger partial charge on any atom is 0.220 e. The van der Waals surface area contributed by atoms with Gasteiger partial charge in [-0.2, -0.15) is 20.1 Å². The van der Waals surface area contributed by atoms with Crippen LogP contribution in [0.4, 0.5) is 0 Å². The first-order valence-electron chi connectivity index (χ1n) is 8.92. The van der Waals surface area contributed by atoms with Crippen molar-refractivity contribution < 1.29 is 9.59 Å². The first-order chi connectivity index (χ1) is 13.1. The number of hydrogen-bond acceptors (Lipinski definition) is 6. The van der Waals surface area contributed by atoms with Gasteiger partial charge in [0, 0.05) is 24.9 Å². The lowest BCUT2D eigenvalue weighted by atomic mass is 9.85. The molecule has 1 fully saturated rings. The van der Waals surface area contributed by atoms with Crippen molar-refractivity contribution in [2.45, 2.75) is 44.2 Å². The van der Waals surface area contributed by atoms with Crippen LogP contribution in [0.15, 0.2) is 35.0 Å². The molecule has 8 heteroatoms. The number of fused-ring (bicyclic) bond motifs is 1. The summed E-state index contributed by atoms with van der Waals surface area (Å²) < 4.78 is 8.41. The van der Waals surface area contributed by atoms with Crippen LogP contribution in [0.3, 0.4) is 0 Å². The first kappa shape index (κ1) is 18.1. The average molecular weight is 401 g/mol. The minimum absolute atomic E-state index is 0.00246. The summed E-state index contributed by atoms with van der Waals surface area (Å²) in [4.78, 5) is 24.2. The van der Waals surface area contributed by atoms with Gasteiger partial charge in [0.25, 0.3) is 0 Å². The zero-order valence-electron chi connectivity index (χ0n) is 14.7. The van der Waals surface area contributed by atoms with E-state index in [1.807, 2.05) is 23.6 Å². The van der Waals surface area contributed by atoms with Gasteiger partial charge >= 0.3 is 0 Å². The van der Waals surface area contributed by atoms with Gasteiger partial charge in [-0.15, -0.1) is 0 Å². The van der Waals surface area contributed by atoms with Crippen LogP contribution in [0.5, 0.6) is 0 Å². The van der Waals surface area contributed by atoms with Gasteiger partial charge in [-0.25, -0.2) is 0 Å². The monoisotopic (exact) mass is 400 g/mol. The molecule has 2 N–H and O–H groups in total. The average Bonchev–Trinajstić information content (AvgIpc) is 3.40. The van der Waals surface area contributed by atoms with E-state index >= 15 is 0 Å². The van der Waals surface area contributed by atoms with Crippen LogP contribution in [-0.4, -0.2) is 26.1 Å². The summed E-state index contributed by atoms with van der Waals surface area (Å²) in [5.74, 6) is 0.0770. The Hall–Kier alpha value is -2.32. The second-order valence-electron chi connectivity index (χ2n) is 7.00. The molecule has 0 spiro atoms. The van der Waals surface area contributed by atoms with E-state index in [0.29, 0.717) is 25.8 Å². The van der Waals surface area contributed by atoms with Crippen LogP contribution in [0.2, 0.25) is 0 Å². The summed E-state index contributed by atoms with van der Waals surface area (Å²) in [6.07, 6.45) is 3.14. The van der Waals surface area contributed by atoms with E-state index in [0.717, 1.165) is 29.4 Å². The lowest BCUT2D eigenvalue weighted by molar-refractivity contribution is -0.122. The number of carbonyl (C=O) groups is 2. The summed E-state index contributed by atoms with van der Waals surface area (Å²) in [7, 11) is 0. The number of nitrogens with zero attached hydrogens (tertiary/aromatic N) is 2. The zero-order chi connectivity index (χ0) is 18.7. The van der Waals surface area contributed by atoms with Crippen molar-refractivity contribution in [2.24, 2.45) is 0 Å². The molecule has 0 aliphatic carbocycles. The molecule has 0 radical (unpaired) electrons. The summed E-state index contributed by atoms with van der Waals surface area (Å²) in [6, 6.07) is 7.91. The van der Waals surface area contributed by atoms with Crippen LogP contribution in [0.25, 0.3) is 11.0 Å². The van der Waals surface area contributed by atoms with Gasteiger partial charge < -0.3 is 10.6 Å². The Balaban J connectivity index is 1.33. The predicted octanol–water partition coefficient (Wildman–Crippen LogP) is 3.04. The molecule has 140 valence electrons. The Morgan fingerprint density at radius 1 is 1.22 bits per heavy atom. The van der Waals surface area contributed by atoms with Crippen molar-refractivity contribution in [2.75, 3.05) is 0 Å². The van der Waals surface area contributed by atoms with Crippen LogP contribution < -0.4 is 10.6 Å². The predicted molar refractivity (Wildman–Crippen MR) is 107 cm³/mol. The van der Waals surface area contributed by atoms with Crippen molar-refractivity contribution in [3.63, 3.8) is 0 Å². The summed E-state index contributed by atoms with van der Waals surface area (Å²) in [6.45, 7) is 0.468. The number of carbonyl (C=O) groups excluding carboxylic acids is 2. The van der Waals surface area contributed by atoms with Crippen LogP contribution in [0.1, 0.15) is 36.8 Å². The molecule has 3 heterocycles. The number of benzene rings is 1. The fourth-order valence-corrected chi connectivity index (χ4v) is 4.73. The standard InChI is InChI=1S/C19H20N4O2S2/c24-17(20-11-13-1-2-15-16(9-13)23-27-22-15)3-6-19(7-4-18(25)21-19)10-14-5-8-26-12-14/h1-2,5,8-9,12H,3-4,6-7,10-11H2,(H,20,24)(H,21,25)/t19-/m0/s1. The second kappa shape index (κ2) is 7.74. The van der Waals surface area contributed by atoms with Crippen molar-refractivity contribution in [1.29, 1.82) is 0 Å². The molecule has 0 saturated carbocycles. The summed E-state index contributed by atoms with van der Waals surface area (Å²) in [5.41, 5.74) is 3.65. The topological polar surface area (TPSA) is 84.0 Å². The van der Waals surface area contributed by atoms with Gasteiger partial charge in [0.1, 0.15) is 11.0 Å². The van der Waals surface area contributed by atoms with Gasteiger partial charge in [-0.05, 0) is 59.3 Å². The van der Waals surface area contributed by atoms with E-state index in [4.69, 9.17) is 0 Å². The van der Waals surface area contributed by atoms with E-state index in [9.17, 15) is 9.59 Å². The molecule has 1 aromatic carbocycles. The first-order valence-corrected chi connectivity index (χ1v) is 10.6. The lowest BCUT2D eigenvalue weighted by Crippen LogP contribution is -2.44. The van der Waals surface area contributed by atoms with Gasteiger partial charge in [0.15, 0.2) is 0 Å². The summed E-state index contributed by atoms with van der Waals surface area (Å²) >= 11 is 2.84. The van der Waals surface area contributed by atoms with Crippen molar-refractivity contribution in [3.05, 3.63) is 46.2 Å². The number of aromatic nitrogens is 2. The Labute approximate surface area is 165 Å². The molecule has 0 bridgehead atoms. The SMILES string of the molecule is O=C(CC[C@@]1(Cc2ccsc2)CCC(=O)N1)NCc1ccc2nsnc2c1. The molecule has 1 aliphatic heterocycles. The third-order valence-corrected chi connectivity index (χ3v) is 6.29. The normalized spacial score (nSPS) is 19.3. The molecule has 4 rings (SSSR count). The highest BCUT2D eigenvalue weighted by atomic mass is 32.1. The van der Waals surface area contributed by atoms with Crippen LogP contribution >= 0.6 is 23.1 Å². The molecule has 0 unspecified atom stereocenters. The zero-order valence-corrected chi connectivity index (χ0v) is 16.4. The fourth-order valence-electron chi connectivity index (χ4n) is 3.55. The van der Waals surface area contributed by atoms with Crippen LogP contribution in [0, 0.1) is 0 Å². The molecule has 2 amide bonds. The summed E-state index contributed by atoms with van der Waals surface area (Å²) in [5, 5.41) is 10.2. The third-order valence-electron chi connectivity index (χ3n) is 5.00. The van der Waals surface area contributed by atoms with Crippen LogP contribution in [-0.2, 0) is 22.6 Å². The Kier molecular flexibility index (Phi) is 5.18. The molecule has 3 aromatic rings. The molecular formula is C19H20N4O2S2. The molecule has 6 nitrogen and oxygen atoms in total. The van der Waals surface area contributed by atoms with E-state index in [1.165, 1.54) is 17.3 Å². The van der Waals surface area contributed by atoms with Gasteiger partial charge in [0.2, 0.25) is 11.8 Å². The number of nitrogens with one attached hydrogen (secondary N) is 2. The molecule has 1 saturated heterocycles. The van der Waals surface area contributed by atoms with Gasteiger partial charge in [-0.3, -0.25) is 9.59 Å². The number of rotatable bonds is 7. The molecule has 1 aliphatic rings. The minimum atomic E-state index is -0.305. The molecule has 27 heavy (non-hydrogen) atoms. The highest BCUT2D eigenvalue weighted by molar-refractivity contribution is 7.07. The fraction of sp³-hybridized carbons (Fsp3) is 0.368. The van der Waals surface area contributed by atoms with Crippen molar-refractivity contribution >= 4 is 45.9 Å². The largest absolute Gasteiger partial charge is 0.352 e. The minimum Gasteiger partial charge on any atom is -0.352 e.